The van der Waals surface area contributed by atoms with Crippen LogP contribution in [0.4, 0.5) is 0 Å². The number of nitrogens with two attached hydrogens (primary N) is 1. The van der Waals surface area contributed by atoms with Crippen molar-refractivity contribution in [3.05, 3.63) is 16.1 Å². The predicted molar refractivity (Wildman–Crippen MR) is 62.8 cm³/mol. The van der Waals surface area contributed by atoms with Crippen LogP contribution in [0.5, 0.6) is 0 Å². The van der Waals surface area contributed by atoms with Crippen LogP contribution in [0.15, 0.2) is 0 Å². The lowest BCUT2D eigenvalue weighted by Gasteiger charge is -2.26. The smallest absolute Gasteiger partial charge is 0.0564 e. The minimum atomic E-state index is -0.292. The van der Waals surface area contributed by atoms with Crippen molar-refractivity contribution in [2.24, 2.45) is 5.73 Å². The highest BCUT2D eigenvalue weighted by Gasteiger charge is 2.29. The summed E-state index contributed by atoms with van der Waals surface area (Å²) < 4.78 is 4.41. The molecule has 80 valence electrons. The quantitative estimate of drug-likeness (QED) is 0.777. The van der Waals surface area contributed by atoms with Gasteiger partial charge in [0, 0.05) is 16.0 Å². The third-order valence-electron chi connectivity index (χ3n) is 2.19. The van der Waals surface area contributed by atoms with E-state index >= 15 is 0 Å². The van der Waals surface area contributed by atoms with E-state index in [4.69, 9.17) is 5.73 Å². The molecule has 1 aromatic rings. The molecule has 0 radical (unpaired) electrons. The van der Waals surface area contributed by atoms with Gasteiger partial charge in [-0.2, -0.15) is 4.37 Å². The van der Waals surface area contributed by atoms with Crippen LogP contribution in [0.2, 0.25) is 0 Å². The van der Waals surface area contributed by atoms with E-state index in [9.17, 15) is 0 Å². The second-order valence-electron chi connectivity index (χ2n) is 5.44. The Morgan fingerprint density at radius 2 is 1.64 bits per heavy atom. The first kappa shape index (κ1) is 11.7. The number of hydrogen-bond acceptors (Lipinski definition) is 3. The third kappa shape index (κ3) is 2.15. The minimum Gasteiger partial charge on any atom is -0.322 e. The van der Waals surface area contributed by atoms with Crippen molar-refractivity contribution in [1.82, 2.24) is 4.37 Å². The average molecular weight is 212 g/mol. The Morgan fingerprint density at radius 1 is 1.14 bits per heavy atom. The molecule has 1 aromatic heterocycles. The fraction of sp³-hybridized carbons (Fsp3) is 0.727. The van der Waals surface area contributed by atoms with Gasteiger partial charge in [-0.15, -0.1) is 0 Å². The van der Waals surface area contributed by atoms with Crippen molar-refractivity contribution in [3.8, 4) is 0 Å². The SMILES string of the molecule is Cc1nsc(C(C)(C)C)c1C(C)(C)N. The minimum absolute atomic E-state index is 0.137. The van der Waals surface area contributed by atoms with Crippen molar-refractivity contribution in [2.75, 3.05) is 0 Å². The number of nitrogens with zero attached hydrogens (tertiary/aromatic N) is 1. The summed E-state index contributed by atoms with van der Waals surface area (Å²) in [5, 5.41) is 0. The van der Waals surface area contributed by atoms with Crippen LogP contribution >= 0.6 is 11.5 Å². The molecule has 3 heteroatoms. The zero-order chi connectivity index (χ0) is 11.1. The van der Waals surface area contributed by atoms with Gasteiger partial charge in [0.05, 0.1) is 5.69 Å². The second kappa shape index (κ2) is 3.31. The maximum absolute atomic E-state index is 6.17. The lowest BCUT2D eigenvalue weighted by molar-refractivity contribution is 0.517. The summed E-state index contributed by atoms with van der Waals surface area (Å²) in [4.78, 5) is 1.31. The zero-order valence-electron chi connectivity index (χ0n) is 9.93. The van der Waals surface area contributed by atoms with Crippen molar-refractivity contribution < 1.29 is 0 Å². The van der Waals surface area contributed by atoms with Crippen LogP contribution in [0, 0.1) is 6.92 Å². The van der Waals surface area contributed by atoms with Gasteiger partial charge in [0.15, 0.2) is 0 Å². The molecule has 1 rings (SSSR count). The Bertz CT molecular complexity index is 326. The molecule has 0 spiro atoms. The molecule has 0 unspecified atom stereocenters. The molecule has 0 fully saturated rings. The number of rotatable bonds is 1. The summed E-state index contributed by atoms with van der Waals surface area (Å²) in [7, 11) is 0. The van der Waals surface area contributed by atoms with E-state index in [0.717, 1.165) is 5.69 Å². The summed E-state index contributed by atoms with van der Waals surface area (Å²) in [6.45, 7) is 12.7. The van der Waals surface area contributed by atoms with Crippen LogP contribution in [0.25, 0.3) is 0 Å². The molecule has 1 heterocycles. The van der Waals surface area contributed by atoms with Gasteiger partial charge in [-0.25, -0.2) is 0 Å². The maximum Gasteiger partial charge on any atom is 0.0564 e. The van der Waals surface area contributed by atoms with Crippen LogP contribution in [-0.4, -0.2) is 4.37 Å². The van der Waals surface area contributed by atoms with Gasteiger partial charge in [-0.1, -0.05) is 20.8 Å². The standard InChI is InChI=1S/C11H20N2S/c1-7-8(11(5,6)12)9(14-13-7)10(2,3)4/h12H2,1-6H3. The summed E-state index contributed by atoms with van der Waals surface area (Å²) in [6, 6.07) is 0. The van der Waals surface area contributed by atoms with Crippen LogP contribution in [0.3, 0.4) is 0 Å². The predicted octanol–water partition coefficient (Wildman–Crippen LogP) is 2.94. The highest BCUT2D eigenvalue weighted by Crippen LogP contribution is 2.36. The normalized spacial score (nSPS) is 13.4. The van der Waals surface area contributed by atoms with Gasteiger partial charge >= 0.3 is 0 Å². The highest BCUT2D eigenvalue weighted by molar-refractivity contribution is 7.06. The largest absolute Gasteiger partial charge is 0.322 e. The topological polar surface area (TPSA) is 38.9 Å². The van der Waals surface area contributed by atoms with Crippen molar-refractivity contribution in [3.63, 3.8) is 0 Å². The molecule has 0 aliphatic rings. The molecule has 0 aliphatic heterocycles. The Balaban J connectivity index is 3.35. The van der Waals surface area contributed by atoms with Crippen molar-refractivity contribution in [2.45, 2.75) is 52.5 Å². The second-order valence-corrected chi connectivity index (χ2v) is 6.22. The summed E-state index contributed by atoms with van der Waals surface area (Å²) in [5.74, 6) is 0. The molecule has 0 saturated heterocycles. The fourth-order valence-electron chi connectivity index (χ4n) is 1.64. The Labute approximate surface area is 90.7 Å². The van der Waals surface area contributed by atoms with E-state index in [2.05, 4.69) is 25.1 Å². The van der Waals surface area contributed by atoms with Crippen LogP contribution in [-0.2, 0) is 11.0 Å². The van der Waals surface area contributed by atoms with E-state index in [0.29, 0.717) is 0 Å². The number of hydrogen-bond donors (Lipinski definition) is 1. The fourth-order valence-corrected chi connectivity index (χ4v) is 2.74. The first-order valence-electron chi connectivity index (χ1n) is 4.90. The molecule has 0 aliphatic carbocycles. The van der Waals surface area contributed by atoms with Crippen molar-refractivity contribution >= 4 is 11.5 Å². The number of aryl methyl sites for hydroxylation is 1. The summed E-state index contributed by atoms with van der Waals surface area (Å²) in [5.41, 5.74) is 8.30. The van der Waals surface area contributed by atoms with E-state index in [1.165, 1.54) is 10.4 Å². The van der Waals surface area contributed by atoms with Gasteiger partial charge in [-0.3, -0.25) is 0 Å². The van der Waals surface area contributed by atoms with Gasteiger partial charge in [0.2, 0.25) is 0 Å². The first-order valence-corrected chi connectivity index (χ1v) is 5.67. The van der Waals surface area contributed by atoms with Gasteiger partial charge in [-0.05, 0) is 37.7 Å². The van der Waals surface area contributed by atoms with E-state index in [1.807, 2.05) is 20.8 Å². The molecule has 0 amide bonds. The lowest BCUT2D eigenvalue weighted by atomic mass is 9.84. The van der Waals surface area contributed by atoms with Gasteiger partial charge in [0.1, 0.15) is 0 Å². The zero-order valence-corrected chi connectivity index (χ0v) is 10.7. The van der Waals surface area contributed by atoms with E-state index < -0.39 is 0 Å². The molecule has 0 saturated carbocycles. The molecular formula is C11H20N2S. The van der Waals surface area contributed by atoms with E-state index in [1.54, 1.807) is 11.5 Å². The maximum atomic E-state index is 6.17. The lowest BCUT2D eigenvalue weighted by Crippen LogP contribution is -2.32. The monoisotopic (exact) mass is 212 g/mol. The first-order chi connectivity index (χ1) is 6.14. The van der Waals surface area contributed by atoms with Gasteiger partial charge < -0.3 is 5.73 Å². The van der Waals surface area contributed by atoms with Crippen LogP contribution < -0.4 is 5.73 Å². The third-order valence-corrected chi connectivity index (χ3v) is 3.55. The van der Waals surface area contributed by atoms with E-state index in [-0.39, 0.29) is 11.0 Å². The average Bonchev–Trinajstić information content (AvgIpc) is 2.27. The molecule has 0 atom stereocenters. The van der Waals surface area contributed by atoms with Gasteiger partial charge in [0.25, 0.3) is 0 Å². The molecule has 0 aromatic carbocycles. The molecule has 2 nitrogen and oxygen atoms in total. The Kier molecular flexibility index (Phi) is 2.76. The summed E-state index contributed by atoms with van der Waals surface area (Å²) >= 11 is 1.58. The Hall–Kier alpha value is -0.410. The summed E-state index contributed by atoms with van der Waals surface area (Å²) in [6.07, 6.45) is 0. The highest BCUT2D eigenvalue weighted by atomic mass is 32.1. The number of aromatic nitrogens is 1. The van der Waals surface area contributed by atoms with Crippen molar-refractivity contribution in [1.29, 1.82) is 0 Å². The van der Waals surface area contributed by atoms with Crippen LogP contribution in [0.1, 0.15) is 50.8 Å². The Morgan fingerprint density at radius 3 is 1.93 bits per heavy atom. The molecule has 14 heavy (non-hydrogen) atoms. The molecular weight excluding hydrogens is 192 g/mol. The molecule has 2 N–H and O–H groups in total. The molecule has 0 bridgehead atoms.